The molecule has 0 aliphatic carbocycles. The van der Waals surface area contributed by atoms with E-state index in [1.807, 2.05) is 18.2 Å². The molecule has 2 unspecified atom stereocenters. The van der Waals surface area contributed by atoms with Crippen LogP contribution in [0, 0.1) is 0 Å². The van der Waals surface area contributed by atoms with Gasteiger partial charge in [0.25, 0.3) is 5.91 Å². The number of hydrogen-bond acceptors (Lipinski definition) is 5. The molecule has 3 aliphatic rings. The van der Waals surface area contributed by atoms with Crippen molar-refractivity contribution in [1.29, 1.82) is 0 Å². The van der Waals surface area contributed by atoms with Gasteiger partial charge in [0.2, 0.25) is 11.8 Å². The molecule has 2 atom stereocenters. The normalized spacial score (nSPS) is 25.9. The molecule has 1 aromatic carbocycles. The number of rotatable bonds is 4. The van der Waals surface area contributed by atoms with Crippen molar-refractivity contribution >= 4 is 23.4 Å². The highest BCUT2D eigenvalue weighted by Gasteiger charge is 2.42. The van der Waals surface area contributed by atoms with Crippen LogP contribution in [0.2, 0.25) is 0 Å². The van der Waals surface area contributed by atoms with Crippen LogP contribution in [0.3, 0.4) is 0 Å². The minimum Gasteiger partial charge on any atom is -0.372 e. The fourth-order valence-electron chi connectivity index (χ4n) is 4.08. The predicted molar refractivity (Wildman–Crippen MR) is 98.5 cm³/mol. The molecule has 0 aromatic heterocycles. The summed E-state index contributed by atoms with van der Waals surface area (Å²) >= 11 is 0. The standard InChI is InChI=1S/C20H23N3O4/c1-12-15-5-3-4-13(11-27-14-8-9-22(2)10-14)18(15)20(26)23(12)16-6-7-17(24)21-19(16)25/h3-5,14,16H,1,6-11H2,2H3,(H,21,24,25). The van der Waals surface area contributed by atoms with Crippen LogP contribution in [0.25, 0.3) is 5.70 Å². The maximum absolute atomic E-state index is 13.1. The van der Waals surface area contributed by atoms with Gasteiger partial charge in [-0.25, -0.2) is 0 Å². The zero-order chi connectivity index (χ0) is 19.1. The summed E-state index contributed by atoms with van der Waals surface area (Å²) in [5, 5.41) is 2.31. The highest BCUT2D eigenvalue weighted by Crippen LogP contribution is 2.37. The number of likely N-dealkylation sites (tertiary alicyclic amines) is 1. The van der Waals surface area contributed by atoms with Crippen LogP contribution < -0.4 is 5.32 Å². The van der Waals surface area contributed by atoms with E-state index in [9.17, 15) is 14.4 Å². The Bertz CT molecular complexity index is 835. The summed E-state index contributed by atoms with van der Waals surface area (Å²) in [6.45, 7) is 6.29. The van der Waals surface area contributed by atoms with Crippen LogP contribution in [0.4, 0.5) is 0 Å². The van der Waals surface area contributed by atoms with Crippen LogP contribution >= 0.6 is 0 Å². The van der Waals surface area contributed by atoms with Crippen molar-refractivity contribution in [1.82, 2.24) is 15.1 Å². The summed E-state index contributed by atoms with van der Waals surface area (Å²) < 4.78 is 6.02. The summed E-state index contributed by atoms with van der Waals surface area (Å²) in [4.78, 5) is 40.5. The number of amides is 3. The van der Waals surface area contributed by atoms with Gasteiger partial charge in [0.1, 0.15) is 6.04 Å². The third-order valence-corrected chi connectivity index (χ3v) is 5.53. The maximum Gasteiger partial charge on any atom is 0.260 e. The number of ether oxygens (including phenoxy) is 1. The van der Waals surface area contributed by atoms with E-state index in [4.69, 9.17) is 4.74 Å². The van der Waals surface area contributed by atoms with Gasteiger partial charge in [-0.2, -0.15) is 0 Å². The topological polar surface area (TPSA) is 79.0 Å². The second-order valence-electron chi connectivity index (χ2n) is 7.41. The largest absolute Gasteiger partial charge is 0.372 e. The number of piperidine rings is 1. The summed E-state index contributed by atoms with van der Waals surface area (Å²) in [6, 6.07) is 4.91. The van der Waals surface area contributed by atoms with E-state index < -0.39 is 11.9 Å². The van der Waals surface area contributed by atoms with Crippen LogP contribution in [0.1, 0.15) is 40.7 Å². The Morgan fingerprint density at radius 2 is 2.07 bits per heavy atom. The molecule has 0 bridgehead atoms. The van der Waals surface area contributed by atoms with Crippen molar-refractivity contribution in [3.8, 4) is 0 Å². The number of likely N-dealkylation sites (N-methyl/N-ethyl adjacent to an activating group) is 1. The minimum atomic E-state index is -0.702. The molecule has 1 N–H and O–H groups in total. The Morgan fingerprint density at radius 1 is 1.26 bits per heavy atom. The molecule has 1 aromatic rings. The second-order valence-corrected chi connectivity index (χ2v) is 7.41. The second kappa shape index (κ2) is 6.90. The van der Waals surface area contributed by atoms with Gasteiger partial charge in [0, 0.05) is 30.8 Å². The first-order chi connectivity index (χ1) is 13.0. The van der Waals surface area contributed by atoms with Gasteiger partial charge in [-0.15, -0.1) is 0 Å². The smallest absolute Gasteiger partial charge is 0.260 e. The Kier molecular flexibility index (Phi) is 4.57. The first kappa shape index (κ1) is 17.9. The number of nitrogens with zero attached hydrogens (tertiary/aromatic N) is 2. The van der Waals surface area contributed by atoms with Gasteiger partial charge < -0.3 is 9.64 Å². The molecule has 0 saturated carbocycles. The maximum atomic E-state index is 13.1. The summed E-state index contributed by atoms with van der Waals surface area (Å²) in [7, 11) is 2.06. The SMILES string of the molecule is C=C1c2cccc(COC3CCN(C)C3)c2C(=O)N1C1CCC(=O)NC1=O. The Morgan fingerprint density at radius 3 is 2.78 bits per heavy atom. The van der Waals surface area contributed by atoms with E-state index in [0.717, 1.165) is 30.6 Å². The summed E-state index contributed by atoms with van der Waals surface area (Å²) in [6.07, 6.45) is 1.67. The number of carbonyl (C=O) groups excluding carboxylic acids is 3. The molecule has 142 valence electrons. The van der Waals surface area contributed by atoms with Crippen molar-refractivity contribution < 1.29 is 19.1 Å². The molecule has 2 fully saturated rings. The number of fused-ring (bicyclic) bond motifs is 1. The molecular weight excluding hydrogens is 346 g/mol. The van der Waals surface area contributed by atoms with Crippen molar-refractivity contribution in [3.63, 3.8) is 0 Å². The van der Waals surface area contributed by atoms with Crippen molar-refractivity contribution in [2.45, 2.75) is 38.0 Å². The third kappa shape index (κ3) is 3.17. The fraction of sp³-hybridized carbons (Fsp3) is 0.450. The van der Waals surface area contributed by atoms with Crippen LogP contribution in [0.15, 0.2) is 24.8 Å². The molecule has 7 heteroatoms. The third-order valence-electron chi connectivity index (χ3n) is 5.53. The lowest BCUT2D eigenvalue weighted by Gasteiger charge is -2.30. The highest BCUT2D eigenvalue weighted by molar-refractivity contribution is 6.13. The van der Waals surface area contributed by atoms with E-state index in [2.05, 4.69) is 23.8 Å². The number of benzene rings is 1. The quantitative estimate of drug-likeness (QED) is 0.805. The molecule has 3 aliphatic heterocycles. The molecule has 2 saturated heterocycles. The van der Waals surface area contributed by atoms with Gasteiger partial charge in [0.15, 0.2) is 0 Å². The first-order valence-corrected chi connectivity index (χ1v) is 9.24. The van der Waals surface area contributed by atoms with E-state index in [1.165, 1.54) is 4.90 Å². The average Bonchev–Trinajstić information content (AvgIpc) is 3.16. The van der Waals surface area contributed by atoms with Crippen molar-refractivity contribution in [2.24, 2.45) is 0 Å². The van der Waals surface area contributed by atoms with E-state index in [0.29, 0.717) is 24.3 Å². The van der Waals surface area contributed by atoms with E-state index in [1.54, 1.807) is 0 Å². The number of carbonyl (C=O) groups is 3. The lowest BCUT2D eigenvalue weighted by molar-refractivity contribution is -0.136. The molecule has 7 nitrogen and oxygen atoms in total. The van der Waals surface area contributed by atoms with Gasteiger partial charge in [-0.05, 0) is 25.5 Å². The predicted octanol–water partition coefficient (Wildman–Crippen LogP) is 1.14. The zero-order valence-corrected chi connectivity index (χ0v) is 15.4. The van der Waals surface area contributed by atoms with Gasteiger partial charge in [-0.1, -0.05) is 24.8 Å². The highest BCUT2D eigenvalue weighted by atomic mass is 16.5. The molecule has 3 heterocycles. The van der Waals surface area contributed by atoms with Crippen LogP contribution in [-0.2, 0) is 20.9 Å². The van der Waals surface area contributed by atoms with Gasteiger partial charge >= 0.3 is 0 Å². The molecular formula is C20H23N3O4. The molecule has 4 rings (SSSR count). The molecule has 0 radical (unpaired) electrons. The van der Waals surface area contributed by atoms with E-state index >= 15 is 0 Å². The molecule has 27 heavy (non-hydrogen) atoms. The minimum absolute atomic E-state index is 0.164. The Hall–Kier alpha value is -2.51. The molecule has 3 amide bonds. The summed E-state index contributed by atoms with van der Waals surface area (Å²) in [5.74, 6) is -0.991. The zero-order valence-electron chi connectivity index (χ0n) is 15.4. The van der Waals surface area contributed by atoms with Gasteiger partial charge in [0.05, 0.1) is 18.3 Å². The average molecular weight is 369 g/mol. The van der Waals surface area contributed by atoms with Crippen LogP contribution in [0.5, 0.6) is 0 Å². The monoisotopic (exact) mass is 369 g/mol. The molecule has 0 spiro atoms. The van der Waals surface area contributed by atoms with Crippen molar-refractivity contribution in [3.05, 3.63) is 41.5 Å². The first-order valence-electron chi connectivity index (χ1n) is 9.24. The lowest BCUT2D eigenvalue weighted by atomic mass is 10.0. The number of nitrogens with one attached hydrogen (secondary N) is 1. The van der Waals surface area contributed by atoms with Crippen LogP contribution in [-0.4, -0.2) is 59.8 Å². The number of imide groups is 1. The Labute approximate surface area is 158 Å². The Balaban J connectivity index is 1.56. The number of hydrogen-bond donors (Lipinski definition) is 1. The lowest BCUT2D eigenvalue weighted by Crippen LogP contribution is -2.52. The van der Waals surface area contributed by atoms with Gasteiger partial charge in [-0.3, -0.25) is 24.6 Å². The summed E-state index contributed by atoms with van der Waals surface area (Å²) in [5.41, 5.74) is 2.60. The van der Waals surface area contributed by atoms with Crippen molar-refractivity contribution in [2.75, 3.05) is 20.1 Å². The van der Waals surface area contributed by atoms with E-state index in [-0.39, 0.29) is 24.3 Å². The fourth-order valence-corrected chi connectivity index (χ4v) is 4.08.